The molecule has 1 amide bonds. The van der Waals surface area contributed by atoms with Gasteiger partial charge in [-0.2, -0.15) is 5.10 Å². The first-order valence-electron chi connectivity index (χ1n) is 7.35. The Labute approximate surface area is 124 Å². The molecule has 1 aliphatic carbocycles. The van der Waals surface area contributed by atoms with Crippen LogP contribution in [0.5, 0.6) is 0 Å². The van der Waals surface area contributed by atoms with Crippen molar-refractivity contribution in [2.75, 3.05) is 18.8 Å². The molecule has 0 spiro atoms. The Kier molecular flexibility index (Phi) is 3.35. The molecule has 1 saturated heterocycles. The van der Waals surface area contributed by atoms with Crippen LogP contribution in [-0.2, 0) is 21.1 Å². The number of hydrogen-bond donors (Lipinski definition) is 1. The van der Waals surface area contributed by atoms with Crippen molar-refractivity contribution in [3.63, 3.8) is 0 Å². The molecule has 0 aromatic carbocycles. The fourth-order valence-corrected chi connectivity index (χ4v) is 4.63. The minimum Gasteiger partial charge on any atom is -0.340 e. The fourth-order valence-electron chi connectivity index (χ4n) is 3.26. The van der Waals surface area contributed by atoms with E-state index in [1.165, 1.54) is 0 Å². The molecule has 7 heteroatoms. The summed E-state index contributed by atoms with van der Waals surface area (Å²) >= 11 is 0. The zero-order valence-corrected chi connectivity index (χ0v) is 13.2. The highest BCUT2D eigenvalue weighted by Gasteiger charge is 2.43. The van der Waals surface area contributed by atoms with E-state index in [9.17, 15) is 13.2 Å². The number of rotatable bonds is 1. The summed E-state index contributed by atoms with van der Waals surface area (Å²) in [5.74, 6) is -0.120. The van der Waals surface area contributed by atoms with E-state index >= 15 is 0 Å². The molecule has 0 radical (unpaired) electrons. The number of nitrogens with zero attached hydrogens (tertiary/aromatic N) is 2. The largest absolute Gasteiger partial charge is 0.340 e. The van der Waals surface area contributed by atoms with Gasteiger partial charge in [0.25, 0.3) is 0 Å². The van der Waals surface area contributed by atoms with Gasteiger partial charge in [0, 0.05) is 13.1 Å². The molecule has 21 heavy (non-hydrogen) atoms. The van der Waals surface area contributed by atoms with Gasteiger partial charge in [-0.05, 0) is 38.7 Å². The van der Waals surface area contributed by atoms with E-state index < -0.39 is 14.6 Å². The zero-order valence-electron chi connectivity index (χ0n) is 12.4. The average Bonchev–Trinajstić information content (AvgIpc) is 2.89. The number of H-pyrrole nitrogens is 1. The van der Waals surface area contributed by atoms with Crippen molar-refractivity contribution < 1.29 is 13.2 Å². The molecule has 6 nitrogen and oxygen atoms in total. The summed E-state index contributed by atoms with van der Waals surface area (Å²) < 4.78 is 23.2. The maximum Gasteiger partial charge on any atom is 0.231 e. The van der Waals surface area contributed by atoms with Crippen molar-refractivity contribution in [1.29, 1.82) is 0 Å². The minimum atomic E-state index is -3.12. The third kappa shape index (κ3) is 2.37. The van der Waals surface area contributed by atoms with Crippen molar-refractivity contribution in [2.24, 2.45) is 0 Å². The van der Waals surface area contributed by atoms with E-state index in [4.69, 9.17) is 0 Å². The molecular formula is C14H21N3O3S. The number of hydrogen-bond acceptors (Lipinski definition) is 4. The van der Waals surface area contributed by atoms with E-state index in [1.54, 1.807) is 24.9 Å². The Bertz CT molecular complexity index is 663. The first kappa shape index (κ1) is 14.6. The molecule has 1 aliphatic heterocycles. The Balaban J connectivity index is 1.82. The molecule has 1 atom stereocenters. The summed E-state index contributed by atoms with van der Waals surface area (Å²) in [5.41, 5.74) is 2.03. The lowest BCUT2D eigenvalue weighted by Crippen LogP contribution is -2.55. The van der Waals surface area contributed by atoms with Gasteiger partial charge >= 0.3 is 0 Å². The van der Waals surface area contributed by atoms with Gasteiger partial charge in [0.1, 0.15) is 0 Å². The van der Waals surface area contributed by atoms with Gasteiger partial charge in [0.15, 0.2) is 9.84 Å². The number of aryl methyl sites for hydroxylation is 1. The molecule has 2 aliphatic rings. The topological polar surface area (TPSA) is 83.1 Å². The van der Waals surface area contributed by atoms with Crippen LogP contribution in [0.1, 0.15) is 43.9 Å². The van der Waals surface area contributed by atoms with Crippen LogP contribution < -0.4 is 0 Å². The molecule has 1 fully saturated rings. The minimum absolute atomic E-state index is 0.0307. The second-order valence-electron chi connectivity index (χ2n) is 6.59. The zero-order chi connectivity index (χ0) is 15.3. The average molecular weight is 311 g/mol. The predicted octanol–water partition coefficient (Wildman–Crippen LogP) is 0.865. The molecule has 2 heterocycles. The molecule has 0 bridgehead atoms. The maximum atomic E-state index is 12.8. The standard InChI is InChI=1S/C14H21N3O3S/c1-14(2)9-17(6-7-21(14,19)20)13(18)11-5-3-4-10-8-15-16-12(10)11/h8,11H,3-7,9H2,1-2H3,(H,15,16). The molecule has 1 N–H and O–H groups in total. The van der Waals surface area contributed by atoms with Crippen molar-refractivity contribution in [3.05, 3.63) is 17.5 Å². The van der Waals surface area contributed by atoms with Crippen molar-refractivity contribution in [3.8, 4) is 0 Å². The normalized spacial score (nSPS) is 27.1. The van der Waals surface area contributed by atoms with Gasteiger partial charge in [-0.15, -0.1) is 0 Å². The maximum absolute atomic E-state index is 12.8. The van der Waals surface area contributed by atoms with Gasteiger partial charge in [-0.25, -0.2) is 8.42 Å². The lowest BCUT2D eigenvalue weighted by Gasteiger charge is -2.39. The molecule has 1 aromatic rings. The monoisotopic (exact) mass is 311 g/mol. The number of carbonyl (C=O) groups excluding carboxylic acids is 1. The van der Waals surface area contributed by atoms with Crippen LogP contribution >= 0.6 is 0 Å². The van der Waals surface area contributed by atoms with Crippen LogP contribution in [0.2, 0.25) is 0 Å². The quantitative estimate of drug-likeness (QED) is 0.834. The summed E-state index contributed by atoms with van der Waals surface area (Å²) in [6, 6.07) is 0. The van der Waals surface area contributed by atoms with Crippen LogP contribution in [0.25, 0.3) is 0 Å². The van der Waals surface area contributed by atoms with E-state index in [-0.39, 0.29) is 24.1 Å². The third-order valence-electron chi connectivity index (χ3n) is 4.69. The number of fused-ring (bicyclic) bond motifs is 1. The van der Waals surface area contributed by atoms with Crippen LogP contribution in [0, 0.1) is 0 Å². The van der Waals surface area contributed by atoms with Gasteiger partial charge in [-0.3, -0.25) is 9.89 Å². The van der Waals surface area contributed by atoms with E-state index in [0.29, 0.717) is 6.54 Å². The molecule has 1 aromatic heterocycles. The van der Waals surface area contributed by atoms with Gasteiger partial charge in [0.05, 0.1) is 28.3 Å². The number of sulfone groups is 1. The van der Waals surface area contributed by atoms with Crippen molar-refractivity contribution >= 4 is 15.7 Å². The Morgan fingerprint density at radius 3 is 2.95 bits per heavy atom. The highest BCUT2D eigenvalue weighted by atomic mass is 32.2. The molecule has 0 saturated carbocycles. The van der Waals surface area contributed by atoms with E-state index in [2.05, 4.69) is 10.2 Å². The van der Waals surface area contributed by atoms with Crippen LogP contribution in [0.4, 0.5) is 0 Å². The highest BCUT2D eigenvalue weighted by molar-refractivity contribution is 7.92. The first-order chi connectivity index (χ1) is 9.82. The van der Waals surface area contributed by atoms with Crippen LogP contribution in [0.15, 0.2) is 6.20 Å². The molecular weight excluding hydrogens is 290 g/mol. The summed E-state index contributed by atoms with van der Waals surface area (Å²) in [7, 11) is -3.12. The van der Waals surface area contributed by atoms with Gasteiger partial charge in [0.2, 0.25) is 5.91 Å². The van der Waals surface area contributed by atoms with Crippen molar-refractivity contribution in [1.82, 2.24) is 15.1 Å². The Morgan fingerprint density at radius 2 is 2.24 bits per heavy atom. The number of aromatic amines is 1. The van der Waals surface area contributed by atoms with Crippen LogP contribution in [-0.4, -0.2) is 53.0 Å². The summed E-state index contributed by atoms with van der Waals surface area (Å²) in [5, 5.41) is 6.99. The smallest absolute Gasteiger partial charge is 0.231 e. The molecule has 3 rings (SSSR count). The second-order valence-corrected chi connectivity index (χ2v) is 9.34. The number of carbonyl (C=O) groups is 1. The SMILES string of the molecule is CC1(C)CN(C(=O)C2CCCc3cn[nH]c32)CCS1(=O)=O. The third-order valence-corrected chi connectivity index (χ3v) is 7.22. The van der Waals surface area contributed by atoms with Crippen molar-refractivity contribution in [2.45, 2.75) is 43.8 Å². The van der Waals surface area contributed by atoms with E-state index in [1.807, 2.05) is 0 Å². The molecule has 116 valence electrons. The summed E-state index contributed by atoms with van der Waals surface area (Å²) in [4.78, 5) is 14.5. The molecule has 1 unspecified atom stereocenters. The highest BCUT2D eigenvalue weighted by Crippen LogP contribution is 2.33. The lowest BCUT2D eigenvalue weighted by atomic mass is 9.87. The van der Waals surface area contributed by atoms with E-state index in [0.717, 1.165) is 30.5 Å². The Morgan fingerprint density at radius 1 is 1.48 bits per heavy atom. The second kappa shape index (κ2) is 4.83. The fraction of sp³-hybridized carbons (Fsp3) is 0.714. The van der Waals surface area contributed by atoms with Gasteiger partial charge in [-0.1, -0.05) is 0 Å². The number of nitrogens with one attached hydrogen (secondary N) is 1. The Hall–Kier alpha value is -1.37. The summed E-state index contributed by atoms with van der Waals surface area (Å²) in [6.07, 6.45) is 4.52. The lowest BCUT2D eigenvalue weighted by molar-refractivity contribution is -0.133. The first-order valence-corrected chi connectivity index (χ1v) is 9.00. The number of aromatic nitrogens is 2. The number of amides is 1. The van der Waals surface area contributed by atoms with Gasteiger partial charge < -0.3 is 4.90 Å². The predicted molar refractivity (Wildman–Crippen MR) is 78.7 cm³/mol. The summed E-state index contributed by atoms with van der Waals surface area (Å²) in [6.45, 7) is 3.97. The van der Waals surface area contributed by atoms with Crippen LogP contribution in [0.3, 0.4) is 0 Å².